The van der Waals surface area contributed by atoms with Gasteiger partial charge in [-0.05, 0) is 37.1 Å². The fourth-order valence-electron chi connectivity index (χ4n) is 1.82. The van der Waals surface area contributed by atoms with Crippen molar-refractivity contribution in [2.45, 2.75) is 18.7 Å². The lowest BCUT2D eigenvalue weighted by Gasteiger charge is -2.06. The predicted molar refractivity (Wildman–Crippen MR) is 86.9 cm³/mol. The minimum atomic E-state index is -3.78. The third kappa shape index (κ3) is 4.13. The van der Waals surface area contributed by atoms with Crippen molar-refractivity contribution in [3.63, 3.8) is 0 Å². The summed E-state index contributed by atoms with van der Waals surface area (Å²) in [5.41, 5.74) is 2.17. The van der Waals surface area contributed by atoms with Crippen LogP contribution in [0.4, 0.5) is 5.69 Å². The molecule has 0 amide bonds. The van der Waals surface area contributed by atoms with Gasteiger partial charge in [0.25, 0.3) is 15.7 Å². The van der Waals surface area contributed by atoms with Gasteiger partial charge in [0.1, 0.15) is 0 Å². The maximum Gasteiger partial charge on any atom is 0.276 e. The van der Waals surface area contributed by atoms with E-state index < -0.39 is 14.9 Å². The number of hydrazone groups is 1. The number of nitro benzene ring substituents is 1. The maximum atomic E-state index is 12.1. The Kier molecular flexibility index (Phi) is 4.75. The minimum Gasteiger partial charge on any atom is -0.258 e. The Bertz CT molecular complexity index is 876. The van der Waals surface area contributed by atoms with Gasteiger partial charge in [-0.25, -0.2) is 4.83 Å². The molecule has 2 rings (SSSR count). The highest BCUT2D eigenvalue weighted by molar-refractivity contribution is 7.89. The predicted octanol–water partition coefficient (Wildman–Crippen LogP) is 2.52. The molecule has 0 fully saturated rings. The average Bonchev–Trinajstić information content (AvgIpc) is 2.50. The third-order valence-corrected chi connectivity index (χ3v) is 4.48. The van der Waals surface area contributed by atoms with E-state index in [1.165, 1.54) is 30.5 Å². The lowest BCUT2D eigenvalue weighted by molar-refractivity contribution is -0.384. The molecular formula is C15H15N3O4S. The Morgan fingerprint density at radius 2 is 1.87 bits per heavy atom. The van der Waals surface area contributed by atoms with Gasteiger partial charge in [0, 0.05) is 17.7 Å². The molecule has 0 unspecified atom stereocenters. The molecule has 0 aromatic heterocycles. The lowest BCUT2D eigenvalue weighted by atomic mass is 10.1. The third-order valence-electron chi connectivity index (χ3n) is 3.26. The first-order valence-electron chi connectivity index (χ1n) is 6.66. The number of non-ortho nitro benzene ring substituents is 1. The van der Waals surface area contributed by atoms with Gasteiger partial charge in [0.2, 0.25) is 0 Å². The number of sulfonamides is 1. The molecule has 2 aromatic carbocycles. The van der Waals surface area contributed by atoms with E-state index in [0.29, 0.717) is 5.56 Å². The molecule has 0 atom stereocenters. The summed E-state index contributed by atoms with van der Waals surface area (Å²) in [7, 11) is -3.78. The number of nitrogens with zero attached hydrogens (tertiary/aromatic N) is 2. The number of nitrogens with one attached hydrogen (secondary N) is 1. The summed E-state index contributed by atoms with van der Waals surface area (Å²) in [4.78, 5) is 12.3. The van der Waals surface area contributed by atoms with E-state index >= 15 is 0 Å². The summed E-state index contributed by atoms with van der Waals surface area (Å²) in [6.07, 6.45) is 1.21. The SMILES string of the molecule is Cc1ccc(S(=O)(=O)N/N=C/c2cccc([N+](=O)[O-])c2)cc1C. The molecule has 23 heavy (non-hydrogen) atoms. The summed E-state index contributed by atoms with van der Waals surface area (Å²) >= 11 is 0. The zero-order chi connectivity index (χ0) is 17.0. The van der Waals surface area contributed by atoms with Crippen molar-refractivity contribution in [1.29, 1.82) is 0 Å². The van der Waals surface area contributed by atoms with Crippen molar-refractivity contribution >= 4 is 21.9 Å². The van der Waals surface area contributed by atoms with Crippen molar-refractivity contribution < 1.29 is 13.3 Å². The van der Waals surface area contributed by atoms with Crippen molar-refractivity contribution in [1.82, 2.24) is 4.83 Å². The van der Waals surface area contributed by atoms with Gasteiger partial charge in [0.05, 0.1) is 16.0 Å². The first kappa shape index (κ1) is 16.6. The standard InChI is InChI=1S/C15H15N3O4S/c1-11-6-7-15(8-12(11)2)23(21,22)17-16-10-13-4-3-5-14(9-13)18(19)20/h3-10,17H,1-2H3/b16-10+. The van der Waals surface area contributed by atoms with Crippen LogP contribution in [-0.4, -0.2) is 19.6 Å². The van der Waals surface area contributed by atoms with Crippen molar-refractivity contribution in [2.24, 2.45) is 5.10 Å². The molecule has 0 heterocycles. The zero-order valence-electron chi connectivity index (χ0n) is 12.6. The van der Waals surface area contributed by atoms with Gasteiger partial charge in [-0.2, -0.15) is 13.5 Å². The molecule has 0 saturated carbocycles. The Morgan fingerprint density at radius 1 is 1.13 bits per heavy atom. The second-order valence-electron chi connectivity index (χ2n) is 4.95. The number of nitro groups is 1. The van der Waals surface area contributed by atoms with Gasteiger partial charge in [-0.3, -0.25) is 10.1 Å². The summed E-state index contributed by atoms with van der Waals surface area (Å²) in [6, 6.07) is 10.5. The summed E-state index contributed by atoms with van der Waals surface area (Å²) in [5.74, 6) is 0. The van der Waals surface area contributed by atoms with Crippen LogP contribution < -0.4 is 4.83 Å². The van der Waals surface area contributed by atoms with Crippen LogP contribution in [0.15, 0.2) is 52.5 Å². The van der Waals surface area contributed by atoms with Gasteiger partial charge >= 0.3 is 0 Å². The largest absolute Gasteiger partial charge is 0.276 e. The summed E-state index contributed by atoms with van der Waals surface area (Å²) in [6.45, 7) is 3.71. The van der Waals surface area contributed by atoms with E-state index in [-0.39, 0.29) is 10.6 Å². The topological polar surface area (TPSA) is 102 Å². The maximum absolute atomic E-state index is 12.1. The molecule has 0 radical (unpaired) electrons. The monoisotopic (exact) mass is 333 g/mol. The average molecular weight is 333 g/mol. The van der Waals surface area contributed by atoms with Gasteiger partial charge in [-0.15, -0.1) is 0 Å². The number of hydrogen-bond donors (Lipinski definition) is 1. The molecule has 120 valence electrons. The normalized spacial score (nSPS) is 11.6. The van der Waals surface area contributed by atoms with Crippen LogP contribution in [0.3, 0.4) is 0 Å². The summed E-state index contributed by atoms with van der Waals surface area (Å²) < 4.78 is 24.3. The van der Waals surface area contributed by atoms with Gasteiger partial charge in [0.15, 0.2) is 0 Å². The highest BCUT2D eigenvalue weighted by Crippen LogP contribution is 2.15. The van der Waals surface area contributed by atoms with Gasteiger partial charge in [-0.1, -0.05) is 18.2 Å². The van der Waals surface area contributed by atoms with Crippen LogP contribution in [-0.2, 0) is 10.0 Å². The first-order valence-corrected chi connectivity index (χ1v) is 8.14. The van der Waals surface area contributed by atoms with E-state index in [1.54, 1.807) is 18.2 Å². The Labute approximate surface area is 133 Å². The van der Waals surface area contributed by atoms with E-state index in [9.17, 15) is 18.5 Å². The minimum absolute atomic E-state index is 0.0917. The molecule has 0 bridgehead atoms. The quantitative estimate of drug-likeness (QED) is 0.516. The van der Waals surface area contributed by atoms with Crippen molar-refractivity contribution in [3.05, 3.63) is 69.3 Å². The lowest BCUT2D eigenvalue weighted by Crippen LogP contribution is -2.18. The van der Waals surface area contributed by atoms with Crippen LogP contribution in [0.1, 0.15) is 16.7 Å². The molecule has 0 aliphatic rings. The van der Waals surface area contributed by atoms with Crippen LogP contribution in [0.5, 0.6) is 0 Å². The molecule has 0 aliphatic heterocycles. The van der Waals surface area contributed by atoms with E-state index in [2.05, 4.69) is 9.93 Å². The van der Waals surface area contributed by atoms with E-state index in [0.717, 1.165) is 11.1 Å². The number of rotatable bonds is 5. The van der Waals surface area contributed by atoms with Crippen LogP contribution in [0.2, 0.25) is 0 Å². The molecule has 8 heteroatoms. The molecular weight excluding hydrogens is 318 g/mol. The number of hydrogen-bond acceptors (Lipinski definition) is 5. The molecule has 1 N–H and O–H groups in total. The fraction of sp³-hybridized carbons (Fsp3) is 0.133. The molecule has 0 spiro atoms. The molecule has 7 nitrogen and oxygen atoms in total. The van der Waals surface area contributed by atoms with E-state index in [1.807, 2.05) is 13.8 Å². The second kappa shape index (κ2) is 6.57. The smallest absolute Gasteiger partial charge is 0.258 e. The molecule has 0 aliphatic carbocycles. The number of benzene rings is 2. The zero-order valence-corrected chi connectivity index (χ0v) is 13.4. The van der Waals surface area contributed by atoms with Crippen molar-refractivity contribution in [3.8, 4) is 0 Å². The fourth-order valence-corrected chi connectivity index (χ4v) is 2.70. The first-order chi connectivity index (χ1) is 10.8. The van der Waals surface area contributed by atoms with Crippen molar-refractivity contribution in [2.75, 3.05) is 0 Å². The Balaban J connectivity index is 2.17. The Hall–Kier alpha value is -2.74. The van der Waals surface area contributed by atoms with Crippen LogP contribution in [0, 0.1) is 24.0 Å². The second-order valence-corrected chi connectivity index (χ2v) is 6.61. The molecule has 2 aromatic rings. The van der Waals surface area contributed by atoms with Gasteiger partial charge < -0.3 is 0 Å². The van der Waals surface area contributed by atoms with Crippen LogP contribution >= 0.6 is 0 Å². The summed E-state index contributed by atoms with van der Waals surface area (Å²) in [5, 5.41) is 14.3. The number of aryl methyl sites for hydroxylation is 2. The van der Waals surface area contributed by atoms with E-state index in [4.69, 9.17) is 0 Å². The van der Waals surface area contributed by atoms with Crippen LogP contribution in [0.25, 0.3) is 0 Å². The molecule has 0 saturated heterocycles. The Morgan fingerprint density at radius 3 is 2.52 bits per heavy atom. The highest BCUT2D eigenvalue weighted by Gasteiger charge is 2.13. The highest BCUT2D eigenvalue weighted by atomic mass is 32.2.